The number of carbonyl (C=O) groups is 1. The van der Waals surface area contributed by atoms with Gasteiger partial charge in [0.1, 0.15) is 0 Å². The molecule has 2 heterocycles. The highest BCUT2D eigenvalue weighted by Gasteiger charge is 2.21. The van der Waals surface area contributed by atoms with Gasteiger partial charge in [0.25, 0.3) is 5.56 Å². The second-order valence-corrected chi connectivity index (χ2v) is 7.83. The average Bonchev–Trinajstić information content (AvgIpc) is 3.40. The van der Waals surface area contributed by atoms with Crippen molar-refractivity contribution in [3.63, 3.8) is 0 Å². The Hall–Kier alpha value is -2.67. The number of thiophene rings is 1. The predicted molar refractivity (Wildman–Crippen MR) is 107 cm³/mol. The van der Waals surface area contributed by atoms with Crippen molar-refractivity contribution < 1.29 is 4.79 Å². The van der Waals surface area contributed by atoms with Crippen LogP contribution in [0.5, 0.6) is 0 Å². The Bertz CT molecular complexity index is 991. The summed E-state index contributed by atoms with van der Waals surface area (Å²) in [6.45, 7) is 0.781. The maximum absolute atomic E-state index is 12.8. The van der Waals surface area contributed by atoms with Crippen molar-refractivity contribution in [2.75, 3.05) is 0 Å². The maximum atomic E-state index is 12.8. The number of hydrogen-bond acceptors (Lipinski definition) is 4. The van der Waals surface area contributed by atoms with Crippen molar-refractivity contribution in [2.24, 2.45) is 0 Å². The van der Waals surface area contributed by atoms with Crippen LogP contribution in [0.3, 0.4) is 0 Å². The molecule has 27 heavy (non-hydrogen) atoms. The molecule has 7 heteroatoms. The molecule has 3 aromatic rings. The van der Waals surface area contributed by atoms with Gasteiger partial charge in [0.05, 0.1) is 30.2 Å². The lowest BCUT2D eigenvalue weighted by atomic mass is 10.1. The number of aromatic nitrogens is 2. The van der Waals surface area contributed by atoms with Gasteiger partial charge >= 0.3 is 6.03 Å². The molecular formula is C20H22N4O2S. The monoisotopic (exact) mass is 382 g/mol. The van der Waals surface area contributed by atoms with Crippen LogP contribution in [0.25, 0.3) is 10.8 Å². The molecule has 4 rings (SSSR count). The smallest absolute Gasteiger partial charge is 0.315 e. The quantitative estimate of drug-likeness (QED) is 0.708. The maximum Gasteiger partial charge on any atom is 0.315 e. The third-order valence-electron chi connectivity index (χ3n) is 5.00. The third-order valence-corrected chi connectivity index (χ3v) is 5.87. The largest absolute Gasteiger partial charge is 0.333 e. The zero-order valence-corrected chi connectivity index (χ0v) is 15.8. The van der Waals surface area contributed by atoms with Crippen molar-refractivity contribution in [2.45, 2.75) is 44.8 Å². The summed E-state index contributed by atoms with van der Waals surface area (Å²) < 4.78 is 1.63. The minimum absolute atomic E-state index is 0.0385. The fraction of sp³-hybridized carbons (Fsp3) is 0.350. The van der Waals surface area contributed by atoms with Crippen molar-refractivity contribution >= 4 is 28.1 Å². The molecule has 0 unspecified atom stereocenters. The molecule has 0 bridgehead atoms. The minimum Gasteiger partial charge on any atom is -0.333 e. The highest BCUT2D eigenvalue weighted by Crippen LogP contribution is 2.28. The number of amides is 2. The summed E-state index contributed by atoms with van der Waals surface area (Å²) in [7, 11) is 0. The molecule has 1 aliphatic rings. The Kier molecular flexibility index (Phi) is 5.20. The Morgan fingerprint density at radius 1 is 1.07 bits per heavy atom. The predicted octanol–water partition coefficient (Wildman–Crippen LogP) is 3.57. The van der Waals surface area contributed by atoms with E-state index >= 15 is 0 Å². The molecule has 0 spiro atoms. The van der Waals surface area contributed by atoms with Crippen LogP contribution in [0.1, 0.15) is 42.3 Å². The van der Waals surface area contributed by atoms with Crippen LogP contribution in [0.15, 0.2) is 46.6 Å². The molecule has 1 saturated carbocycles. The number of nitrogens with one attached hydrogen (secondary N) is 2. The normalized spacial score (nSPS) is 14.5. The number of benzene rings is 1. The van der Waals surface area contributed by atoms with E-state index in [9.17, 15) is 9.59 Å². The molecule has 1 aromatic carbocycles. The van der Waals surface area contributed by atoms with E-state index in [-0.39, 0.29) is 24.2 Å². The van der Waals surface area contributed by atoms with Gasteiger partial charge in [0, 0.05) is 10.3 Å². The van der Waals surface area contributed by atoms with Crippen molar-refractivity contribution in [3.8, 4) is 0 Å². The highest BCUT2D eigenvalue weighted by molar-refractivity contribution is 7.09. The number of rotatable bonds is 5. The van der Waals surface area contributed by atoms with Crippen LogP contribution in [0.4, 0.5) is 4.79 Å². The Labute approximate surface area is 161 Å². The molecule has 0 aliphatic heterocycles. The summed E-state index contributed by atoms with van der Waals surface area (Å²) in [6.07, 6.45) is 4.23. The van der Waals surface area contributed by atoms with Gasteiger partial charge in [-0.3, -0.25) is 4.79 Å². The highest BCUT2D eigenvalue weighted by atomic mass is 32.1. The Morgan fingerprint density at radius 3 is 2.56 bits per heavy atom. The van der Waals surface area contributed by atoms with Crippen LogP contribution < -0.4 is 16.2 Å². The van der Waals surface area contributed by atoms with Gasteiger partial charge in [-0.25, -0.2) is 9.48 Å². The number of urea groups is 1. The standard InChI is InChI=1S/C20H22N4O2S/c25-19-17-10-4-3-9-16(17)18(23-24(19)14-6-1-2-7-14)13-22-20(26)21-12-15-8-5-11-27-15/h3-5,8-11,14H,1-2,6-7,12-13H2,(H2,21,22,26). The molecule has 140 valence electrons. The number of hydrogen-bond donors (Lipinski definition) is 2. The summed E-state index contributed by atoms with van der Waals surface area (Å²) >= 11 is 1.61. The molecule has 2 amide bonds. The molecule has 0 atom stereocenters. The third kappa shape index (κ3) is 3.88. The lowest BCUT2D eigenvalue weighted by Gasteiger charge is -2.16. The van der Waals surface area contributed by atoms with Crippen molar-refractivity contribution in [1.82, 2.24) is 20.4 Å². The topological polar surface area (TPSA) is 76.0 Å². The first-order valence-electron chi connectivity index (χ1n) is 9.27. The fourth-order valence-electron chi connectivity index (χ4n) is 3.61. The number of nitrogens with zero attached hydrogens (tertiary/aromatic N) is 2. The van der Waals surface area contributed by atoms with Gasteiger partial charge in [-0.1, -0.05) is 37.1 Å². The van der Waals surface area contributed by atoms with Crippen LogP contribution in [0, 0.1) is 0 Å². The number of carbonyl (C=O) groups excluding carboxylic acids is 1. The van der Waals surface area contributed by atoms with E-state index in [2.05, 4.69) is 15.7 Å². The molecular weight excluding hydrogens is 360 g/mol. The van der Waals surface area contributed by atoms with E-state index in [1.807, 2.05) is 41.8 Å². The van der Waals surface area contributed by atoms with E-state index in [4.69, 9.17) is 0 Å². The summed E-state index contributed by atoms with van der Waals surface area (Å²) in [6, 6.07) is 11.4. The van der Waals surface area contributed by atoms with Gasteiger partial charge in [-0.05, 0) is 30.4 Å². The first-order chi connectivity index (χ1) is 13.2. The summed E-state index contributed by atoms with van der Waals surface area (Å²) in [5.41, 5.74) is 0.687. The molecule has 2 aromatic heterocycles. The molecule has 0 saturated heterocycles. The summed E-state index contributed by atoms with van der Waals surface area (Å²) in [4.78, 5) is 26.1. The first kappa shape index (κ1) is 17.7. The van der Waals surface area contributed by atoms with Gasteiger partial charge < -0.3 is 10.6 Å². The molecule has 1 aliphatic carbocycles. The van der Waals surface area contributed by atoms with E-state index in [0.29, 0.717) is 11.9 Å². The van der Waals surface area contributed by atoms with E-state index < -0.39 is 0 Å². The van der Waals surface area contributed by atoms with Crippen LogP contribution >= 0.6 is 11.3 Å². The second kappa shape index (κ2) is 7.92. The van der Waals surface area contributed by atoms with Crippen molar-refractivity contribution in [3.05, 3.63) is 62.7 Å². The number of fused-ring (bicyclic) bond motifs is 1. The molecule has 0 radical (unpaired) electrons. The van der Waals surface area contributed by atoms with Gasteiger partial charge in [-0.15, -0.1) is 11.3 Å². The SMILES string of the molecule is O=C(NCc1cccs1)NCc1nn(C2CCCC2)c(=O)c2ccccc12. The van der Waals surface area contributed by atoms with Crippen LogP contribution in [-0.2, 0) is 13.1 Å². The van der Waals surface area contributed by atoms with Gasteiger partial charge in [0.2, 0.25) is 0 Å². The second-order valence-electron chi connectivity index (χ2n) is 6.80. The zero-order chi connectivity index (χ0) is 18.6. The van der Waals surface area contributed by atoms with Gasteiger partial charge in [-0.2, -0.15) is 5.10 Å². The molecule has 1 fully saturated rings. The zero-order valence-electron chi connectivity index (χ0n) is 15.0. The summed E-state index contributed by atoms with van der Waals surface area (Å²) in [5.74, 6) is 0. The molecule has 6 nitrogen and oxygen atoms in total. The minimum atomic E-state index is -0.243. The Balaban J connectivity index is 1.54. The lowest BCUT2D eigenvalue weighted by molar-refractivity contribution is 0.240. The van der Waals surface area contributed by atoms with E-state index in [0.717, 1.165) is 41.6 Å². The van der Waals surface area contributed by atoms with Gasteiger partial charge in [0.15, 0.2) is 0 Å². The average molecular weight is 382 g/mol. The van der Waals surface area contributed by atoms with Crippen LogP contribution in [0.2, 0.25) is 0 Å². The molecule has 2 N–H and O–H groups in total. The van der Waals surface area contributed by atoms with E-state index in [1.54, 1.807) is 16.0 Å². The fourth-order valence-corrected chi connectivity index (χ4v) is 4.25. The Morgan fingerprint density at radius 2 is 1.81 bits per heavy atom. The van der Waals surface area contributed by atoms with Crippen LogP contribution in [-0.4, -0.2) is 15.8 Å². The summed E-state index contributed by atoms with van der Waals surface area (Å²) in [5, 5.41) is 13.8. The first-order valence-corrected chi connectivity index (χ1v) is 10.1. The van der Waals surface area contributed by atoms with Crippen molar-refractivity contribution in [1.29, 1.82) is 0 Å². The lowest BCUT2D eigenvalue weighted by Crippen LogP contribution is -2.35. The van der Waals surface area contributed by atoms with E-state index in [1.165, 1.54) is 0 Å².